The Morgan fingerprint density at radius 2 is 2.00 bits per heavy atom. The maximum absolute atomic E-state index is 12.2. The molecule has 0 radical (unpaired) electrons. The number of ether oxygens (including phenoxy) is 2. The molecule has 0 atom stereocenters. The minimum absolute atomic E-state index is 0.0143. The van der Waals surface area contributed by atoms with Crippen molar-refractivity contribution >= 4 is 46.0 Å². The maximum atomic E-state index is 12.2. The number of aromatic nitrogens is 5. The van der Waals surface area contributed by atoms with Gasteiger partial charge in [0.25, 0.3) is 0 Å². The lowest BCUT2D eigenvalue weighted by atomic mass is 10.2. The van der Waals surface area contributed by atoms with Crippen LogP contribution in [-0.4, -0.2) is 50.2 Å². The Morgan fingerprint density at radius 3 is 2.63 bits per heavy atom. The second-order valence-electron chi connectivity index (χ2n) is 5.27. The monoisotopic (exact) mass is 409 g/mol. The molecule has 0 unspecified atom stereocenters. The lowest BCUT2D eigenvalue weighted by molar-refractivity contribution is 0.0509. The summed E-state index contributed by atoms with van der Waals surface area (Å²) in [6, 6.07) is 1.47. The van der Waals surface area contributed by atoms with Crippen LogP contribution in [0.25, 0.3) is 16.7 Å². The van der Waals surface area contributed by atoms with E-state index in [1.807, 2.05) is 0 Å². The van der Waals surface area contributed by atoms with E-state index in [4.69, 9.17) is 32.7 Å². The zero-order valence-corrected chi connectivity index (χ0v) is 16.0. The molecule has 27 heavy (non-hydrogen) atoms. The van der Waals surface area contributed by atoms with Crippen LogP contribution < -0.4 is 4.74 Å². The Hall–Kier alpha value is -2.78. The first kappa shape index (κ1) is 19.0. The molecule has 3 aromatic rings. The van der Waals surface area contributed by atoms with E-state index in [-0.39, 0.29) is 56.6 Å². The van der Waals surface area contributed by atoms with Crippen molar-refractivity contribution in [3.63, 3.8) is 0 Å². The fourth-order valence-corrected chi connectivity index (χ4v) is 2.86. The summed E-state index contributed by atoms with van der Waals surface area (Å²) < 4.78 is 11.5. The fraction of sp³-hybridized carbons (Fsp3) is 0.250. The first-order valence-electron chi connectivity index (χ1n) is 7.71. The number of hydrogen-bond donors (Lipinski definition) is 0. The smallest absolute Gasteiger partial charge is 0.376 e. The third-order valence-electron chi connectivity index (χ3n) is 3.57. The van der Waals surface area contributed by atoms with Gasteiger partial charge in [-0.05, 0) is 13.0 Å². The second-order valence-corrected chi connectivity index (χ2v) is 6.06. The molecule has 11 heteroatoms. The van der Waals surface area contributed by atoms with Gasteiger partial charge in [0.15, 0.2) is 11.5 Å². The van der Waals surface area contributed by atoms with E-state index in [2.05, 4.69) is 20.2 Å². The molecule has 0 aliphatic rings. The summed E-state index contributed by atoms with van der Waals surface area (Å²) in [6.45, 7) is 3.17. The van der Waals surface area contributed by atoms with E-state index < -0.39 is 5.97 Å². The highest BCUT2D eigenvalue weighted by Crippen LogP contribution is 2.36. The topological polar surface area (TPSA) is 109 Å². The van der Waals surface area contributed by atoms with Crippen LogP contribution in [0.3, 0.4) is 0 Å². The molecule has 0 fully saturated rings. The lowest BCUT2D eigenvalue weighted by Crippen LogP contribution is -2.13. The van der Waals surface area contributed by atoms with E-state index >= 15 is 0 Å². The highest BCUT2D eigenvalue weighted by molar-refractivity contribution is 6.44. The predicted octanol–water partition coefficient (Wildman–Crippen LogP) is 2.91. The molecule has 140 valence electrons. The summed E-state index contributed by atoms with van der Waals surface area (Å²) >= 11 is 12.6. The van der Waals surface area contributed by atoms with Gasteiger partial charge in [-0.3, -0.25) is 9.36 Å². The van der Waals surface area contributed by atoms with Crippen LogP contribution in [0.4, 0.5) is 0 Å². The van der Waals surface area contributed by atoms with Crippen LogP contribution in [0.15, 0.2) is 12.4 Å². The second kappa shape index (κ2) is 7.45. The summed E-state index contributed by atoms with van der Waals surface area (Å²) in [5, 5.41) is 7.77. The zero-order valence-electron chi connectivity index (χ0n) is 14.5. The van der Waals surface area contributed by atoms with Gasteiger partial charge >= 0.3 is 5.97 Å². The summed E-state index contributed by atoms with van der Waals surface area (Å²) in [6.07, 6.45) is 1.27. The van der Waals surface area contributed by atoms with Gasteiger partial charge in [-0.15, -0.1) is 10.2 Å². The number of carbonyl (C=O) groups is 2. The number of hydrogen-bond acceptors (Lipinski definition) is 8. The average Bonchev–Trinajstić information content (AvgIpc) is 3.11. The Morgan fingerprint density at radius 1 is 1.26 bits per heavy atom. The molecule has 3 rings (SSSR count). The summed E-state index contributed by atoms with van der Waals surface area (Å²) in [7, 11) is 1.36. The Labute approximate surface area is 163 Å². The van der Waals surface area contributed by atoms with Crippen LogP contribution >= 0.6 is 23.2 Å². The molecule has 0 saturated carbocycles. The van der Waals surface area contributed by atoms with Crippen molar-refractivity contribution in [1.82, 2.24) is 24.7 Å². The minimum atomic E-state index is -0.695. The van der Waals surface area contributed by atoms with Gasteiger partial charge in [-0.1, -0.05) is 23.2 Å². The summed E-state index contributed by atoms with van der Waals surface area (Å²) in [5.74, 6) is -1.12. The van der Waals surface area contributed by atoms with Crippen LogP contribution in [0.2, 0.25) is 10.0 Å². The minimum Gasteiger partial charge on any atom is -0.479 e. The maximum Gasteiger partial charge on any atom is 0.376 e. The predicted molar refractivity (Wildman–Crippen MR) is 97.0 cm³/mol. The molecule has 2 heterocycles. The highest BCUT2D eigenvalue weighted by atomic mass is 35.5. The van der Waals surface area contributed by atoms with Crippen molar-refractivity contribution in [2.75, 3.05) is 13.7 Å². The van der Waals surface area contributed by atoms with Gasteiger partial charge in [0.05, 0.1) is 35.0 Å². The molecule has 0 spiro atoms. The first-order valence-corrected chi connectivity index (χ1v) is 8.46. The third-order valence-corrected chi connectivity index (χ3v) is 4.35. The van der Waals surface area contributed by atoms with E-state index in [9.17, 15) is 9.59 Å². The van der Waals surface area contributed by atoms with Crippen LogP contribution in [-0.2, 0) is 4.74 Å². The van der Waals surface area contributed by atoms with Crippen LogP contribution in [0, 0.1) is 0 Å². The van der Waals surface area contributed by atoms with Gasteiger partial charge < -0.3 is 9.47 Å². The largest absolute Gasteiger partial charge is 0.479 e. The van der Waals surface area contributed by atoms with E-state index in [1.165, 1.54) is 31.0 Å². The first-order chi connectivity index (χ1) is 12.9. The Kier molecular flexibility index (Phi) is 5.24. The molecular weight excluding hydrogens is 397 g/mol. The number of carbonyl (C=O) groups excluding carboxylic acids is 2. The van der Waals surface area contributed by atoms with E-state index in [0.717, 1.165) is 0 Å². The summed E-state index contributed by atoms with van der Waals surface area (Å²) in [4.78, 5) is 32.6. The van der Waals surface area contributed by atoms with Crippen LogP contribution in [0.5, 0.6) is 5.88 Å². The van der Waals surface area contributed by atoms with Gasteiger partial charge in [0, 0.05) is 6.92 Å². The number of fused-ring (bicyclic) bond motifs is 1. The van der Waals surface area contributed by atoms with E-state index in [0.29, 0.717) is 0 Å². The summed E-state index contributed by atoms with van der Waals surface area (Å²) in [5.41, 5.74) is 0.794. The van der Waals surface area contributed by atoms with Gasteiger partial charge in [0.2, 0.25) is 11.7 Å². The molecule has 0 aliphatic carbocycles. The molecule has 9 nitrogen and oxygen atoms in total. The van der Waals surface area contributed by atoms with Gasteiger partial charge in [0.1, 0.15) is 11.8 Å². The molecular formula is C16H13Cl2N5O4. The number of halogens is 2. The quantitative estimate of drug-likeness (QED) is 0.467. The lowest BCUT2D eigenvalue weighted by Gasteiger charge is -2.14. The van der Waals surface area contributed by atoms with Crippen LogP contribution in [0.1, 0.15) is 35.0 Å². The number of Topliss-reactive ketones (excluding diaryl/α,β-unsaturated/α-hetero) is 1. The number of ketones is 1. The Balaban J connectivity index is 2.36. The number of rotatable bonds is 5. The molecule has 0 bridgehead atoms. The normalized spacial score (nSPS) is 10.9. The molecule has 0 amide bonds. The van der Waals surface area contributed by atoms with Gasteiger partial charge in [-0.2, -0.15) is 0 Å². The fourth-order valence-electron chi connectivity index (χ4n) is 2.43. The third kappa shape index (κ3) is 3.31. The number of benzene rings is 1. The molecule has 0 aliphatic heterocycles. The molecule has 2 aromatic heterocycles. The van der Waals surface area contributed by atoms with Gasteiger partial charge in [-0.25, -0.2) is 14.8 Å². The van der Waals surface area contributed by atoms with Crippen molar-refractivity contribution in [1.29, 1.82) is 0 Å². The SMILES string of the molecule is CCOC(=O)c1nncn1-c1c(Cl)c(Cl)cc2nc(C(C)=O)c(OC)nc12. The van der Waals surface area contributed by atoms with Crippen molar-refractivity contribution in [2.24, 2.45) is 0 Å². The number of nitrogens with zero attached hydrogens (tertiary/aromatic N) is 5. The molecule has 0 N–H and O–H groups in total. The number of esters is 1. The van der Waals surface area contributed by atoms with Crippen molar-refractivity contribution in [2.45, 2.75) is 13.8 Å². The van der Waals surface area contributed by atoms with E-state index in [1.54, 1.807) is 6.92 Å². The highest BCUT2D eigenvalue weighted by Gasteiger charge is 2.24. The van der Waals surface area contributed by atoms with Crippen molar-refractivity contribution in [3.8, 4) is 11.6 Å². The Bertz CT molecular complexity index is 1070. The van der Waals surface area contributed by atoms with Crippen molar-refractivity contribution < 1.29 is 19.1 Å². The molecule has 0 saturated heterocycles. The molecule has 1 aromatic carbocycles. The number of methoxy groups -OCH3 is 1. The van der Waals surface area contributed by atoms with Crippen molar-refractivity contribution in [3.05, 3.63) is 34.0 Å². The average molecular weight is 410 g/mol. The standard InChI is InChI=1S/C16H13Cl2N5O4/c1-4-27-16(25)14-22-19-6-23(14)13-10(18)8(17)5-9-12(13)21-15(26-3)11(20-9)7(2)24/h5-6H,4H2,1-3H3. The zero-order chi connectivity index (χ0) is 19.7.